The van der Waals surface area contributed by atoms with Gasteiger partial charge in [-0.1, -0.05) is 17.3 Å². The summed E-state index contributed by atoms with van der Waals surface area (Å²) in [4.78, 5) is 19.0. The van der Waals surface area contributed by atoms with Crippen LogP contribution >= 0.6 is 0 Å². The summed E-state index contributed by atoms with van der Waals surface area (Å²) in [5.74, 6) is 1.36. The van der Waals surface area contributed by atoms with E-state index in [1.165, 1.54) is 12.1 Å². The number of nitrogens with zero attached hydrogens (tertiary/aromatic N) is 3. The van der Waals surface area contributed by atoms with Crippen molar-refractivity contribution in [1.82, 2.24) is 15.5 Å². The maximum absolute atomic E-state index is 13.0. The third-order valence-corrected chi connectivity index (χ3v) is 5.65. The van der Waals surface area contributed by atoms with Crippen LogP contribution in [0.3, 0.4) is 0 Å². The number of piperidine rings is 1. The summed E-state index contributed by atoms with van der Waals surface area (Å²) in [6, 6.07) is 12.1. The number of hydrogen-bond donors (Lipinski definition) is 1. The zero-order valence-corrected chi connectivity index (χ0v) is 18.7. The molecule has 0 bridgehead atoms. The van der Waals surface area contributed by atoms with Gasteiger partial charge in [0.15, 0.2) is 11.5 Å². The van der Waals surface area contributed by atoms with Crippen molar-refractivity contribution in [1.29, 1.82) is 0 Å². The molecule has 0 spiro atoms. The third-order valence-electron chi connectivity index (χ3n) is 5.65. The molecule has 0 saturated carbocycles. The second kappa shape index (κ2) is 10.3. The lowest BCUT2D eigenvalue weighted by molar-refractivity contribution is -0.125. The smallest absolute Gasteiger partial charge is 0.324 e. The molecule has 1 aromatic heterocycles. The topological polar surface area (TPSA) is 89.7 Å². The molecule has 33 heavy (non-hydrogen) atoms. The predicted octanol–water partition coefficient (Wildman–Crippen LogP) is 3.82. The van der Waals surface area contributed by atoms with Crippen molar-refractivity contribution in [3.63, 3.8) is 0 Å². The van der Waals surface area contributed by atoms with E-state index in [1.54, 1.807) is 19.2 Å². The monoisotopic (exact) mass is 454 g/mol. The lowest BCUT2D eigenvalue weighted by Crippen LogP contribution is -2.40. The Morgan fingerprint density at radius 2 is 1.94 bits per heavy atom. The van der Waals surface area contributed by atoms with Crippen molar-refractivity contribution in [2.75, 3.05) is 31.7 Å². The van der Waals surface area contributed by atoms with Crippen LogP contribution in [0.1, 0.15) is 25.3 Å². The van der Waals surface area contributed by atoms with E-state index in [1.807, 2.05) is 30.0 Å². The van der Waals surface area contributed by atoms with Crippen molar-refractivity contribution in [2.45, 2.75) is 26.3 Å². The van der Waals surface area contributed by atoms with Crippen LogP contribution < -0.4 is 19.7 Å². The van der Waals surface area contributed by atoms with E-state index in [0.29, 0.717) is 62.4 Å². The Balaban J connectivity index is 1.32. The number of halogens is 1. The quantitative estimate of drug-likeness (QED) is 0.553. The molecule has 9 heteroatoms. The Kier molecular flexibility index (Phi) is 7.07. The van der Waals surface area contributed by atoms with E-state index in [9.17, 15) is 9.18 Å². The van der Waals surface area contributed by atoms with Crippen LogP contribution in [0.5, 0.6) is 11.5 Å². The Morgan fingerprint density at radius 1 is 1.18 bits per heavy atom. The number of anilines is 1. The molecule has 4 rings (SSSR count). The molecule has 8 nitrogen and oxygen atoms in total. The Labute approximate surface area is 191 Å². The molecule has 0 radical (unpaired) electrons. The highest BCUT2D eigenvalue weighted by molar-refractivity contribution is 5.79. The minimum absolute atomic E-state index is 0.00618. The van der Waals surface area contributed by atoms with Gasteiger partial charge in [0.1, 0.15) is 5.82 Å². The van der Waals surface area contributed by atoms with Crippen molar-refractivity contribution < 1.29 is 23.2 Å². The van der Waals surface area contributed by atoms with E-state index >= 15 is 0 Å². The first kappa shape index (κ1) is 22.6. The number of aromatic nitrogens is 2. The largest absolute Gasteiger partial charge is 0.493 e. The molecular weight excluding hydrogens is 427 g/mol. The summed E-state index contributed by atoms with van der Waals surface area (Å²) < 4.78 is 29.4. The zero-order valence-electron chi connectivity index (χ0n) is 18.7. The van der Waals surface area contributed by atoms with Crippen molar-refractivity contribution in [3.05, 3.63) is 53.8 Å². The average Bonchev–Trinajstić information content (AvgIpc) is 3.34. The van der Waals surface area contributed by atoms with Crippen LogP contribution in [0, 0.1) is 11.7 Å². The van der Waals surface area contributed by atoms with Gasteiger partial charge < -0.3 is 24.2 Å². The van der Waals surface area contributed by atoms with Crippen LogP contribution in [-0.4, -0.2) is 42.9 Å². The van der Waals surface area contributed by atoms with Gasteiger partial charge in [-0.3, -0.25) is 4.79 Å². The molecule has 2 heterocycles. The van der Waals surface area contributed by atoms with Crippen LogP contribution in [0.15, 0.2) is 47.0 Å². The van der Waals surface area contributed by atoms with E-state index in [4.69, 9.17) is 14.0 Å². The fourth-order valence-electron chi connectivity index (χ4n) is 3.81. The summed E-state index contributed by atoms with van der Waals surface area (Å²) in [6.07, 6.45) is 1.37. The number of ether oxygens (including phenoxy) is 2. The second-order valence-corrected chi connectivity index (χ2v) is 7.80. The molecule has 1 amide bonds. The summed E-state index contributed by atoms with van der Waals surface area (Å²) >= 11 is 0. The lowest BCUT2D eigenvalue weighted by atomic mass is 9.96. The minimum atomic E-state index is -0.289. The van der Waals surface area contributed by atoms with E-state index in [-0.39, 0.29) is 17.6 Å². The molecule has 1 aliphatic heterocycles. The van der Waals surface area contributed by atoms with E-state index in [0.717, 1.165) is 11.1 Å². The van der Waals surface area contributed by atoms with Gasteiger partial charge in [0.2, 0.25) is 11.7 Å². The van der Waals surface area contributed by atoms with Crippen LogP contribution in [0.4, 0.5) is 10.4 Å². The fraction of sp³-hybridized carbons (Fsp3) is 0.375. The fourth-order valence-corrected chi connectivity index (χ4v) is 3.81. The number of hydrogen-bond acceptors (Lipinski definition) is 7. The Hall–Kier alpha value is -3.62. The van der Waals surface area contributed by atoms with Gasteiger partial charge in [-0.2, -0.15) is 4.98 Å². The Morgan fingerprint density at radius 3 is 2.64 bits per heavy atom. The van der Waals surface area contributed by atoms with Gasteiger partial charge in [0.05, 0.1) is 13.7 Å². The average molecular weight is 455 g/mol. The first-order chi connectivity index (χ1) is 16.1. The highest BCUT2D eigenvalue weighted by Crippen LogP contribution is 2.32. The normalized spacial score (nSPS) is 14.2. The number of benzene rings is 2. The van der Waals surface area contributed by atoms with Gasteiger partial charge in [0, 0.05) is 31.1 Å². The first-order valence-corrected chi connectivity index (χ1v) is 11.0. The second-order valence-electron chi connectivity index (χ2n) is 7.80. The van der Waals surface area contributed by atoms with E-state index < -0.39 is 0 Å². The van der Waals surface area contributed by atoms with Crippen LogP contribution in [-0.2, 0) is 11.3 Å². The molecule has 1 fully saturated rings. The minimum Gasteiger partial charge on any atom is -0.493 e. The molecule has 2 aromatic carbocycles. The van der Waals surface area contributed by atoms with Gasteiger partial charge in [-0.25, -0.2) is 4.39 Å². The van der Waals surface area contributed by atoms with Gasteiger partial charge in [-0.05, 0) is 55.7 Å². The van der Waals surface area contributed by atoms with Crippen LogP contribution in [0.2, 0.25) is 0 Å². The van der Waals surface area contributed by atoms with Gasteiger partial charge in [0.25, 0.3) is 0 Å². The zero-order chi connectivity index (χ0) is 23.2. The molecule has 1 N–H and O–H groups in total. The van der Waals surface area contributed by atoms with E-state index in [2.05, 4.69) is 15.5 Å². The molecule has 0 aliphatic carbocycles. The predicted molar refractivity (Wildman–Crippen MR) is 121 cm³/mol. The third kappa shape index (κ3) is 5.42. The number of nitrogens with one attached hydrogen (secondary N) is 1. The molecule has 3 aromatic rings. The number of amides is 1. The lowest BCUT2D eigenvalue weighted by Gasteiger charge is -2.29. The summed E-state index contributed by atoms with van der Waals surface area (Å²) in [6.45, 7) is 4.13. The van der Waals surface area contributed by atoms with Gasteiger partial charge >= 0.3 is 6.01 Å². The summed E-state index contributed by atoms with van der Waals surface area (Å²) in [5, 5.41) is 7.05. The number of carbonyl (C=O) groups excluding carboxylic acids is 1. The SMILES string of the molecule is CCOc1ccc(-c2noc(N3CCC(C(=O)NCc4ccc(F)cc4)CC3)n2)cc1OC. The summed E-state index contributed by atoms with van der Waals surface area (Å²) in [5.41, 5.74) is 1.63. The van der Waals surface area contributed by atoms with Gasteiger partial charge in [-0.15, -0.1) is 0 Å². The molecule has 0 atom stereocenters. The number of methoxy groups -OCH3 is 1. The highest BCUT2D eigenvalue weighted by Gasteiger charge is 2.27. The number of carbonyl (C=O) groups is 1. The van der Waals surface area contributed by atoms with Crippen molar-refractivity contribution in [3.8, 4) is 22.9 Å². The van der Waals surface area contributed by atoms with Crippen molar-refractivity contribution in [2.24, 2.45) is 5.92 Å². The van der Waals surface area contributed by atoms with Crippen LogP contribution in [0.25, 0.3) is 11.4 Å². The molecule has 1 saturated heterocycles. The molecular formula is C24H27FN4O4. The Bertz CT molecular complexity index is 1080. The standard InChI is InChI=1S/C24H27FN4O4/c1-3-32-20-9-6-18(14-21(20)31-2)22-27-24(33-28-22)29-12-10-17(11-13-29)23(30)26-15-16-4-7-19(25)8-5-16/h4-9,14,17H,3,10-13,15H2,1-2H3,(H,26,30). The molecule has 1 aliphatic rings. The summed E-state index contributed by atoms with van der Waals surface area (Å²) in [7, 11) is 1.59. The molecule has 174 valence electrons. The first-order valence-electron chi connectivity index (χ1n) is 11.0. The highest BCUT2D eigenvalue weighted by atomic mass is 19.1. The van der Waals surface area contributed by atoms with Crippen molar-refractivity contribution >= 4 is 11.9 Å². The molecule has 0 unspecified atom stereocenters. The maximum Gasteiger partial charge on any atom is 0.324 e. The number of rotatable bonds is 8. The maximum atomic E-state index is 13.0.